The van der Waals surface area contributed by atoms with Crippen LogP contribution in [0.2, 0.25) is 0 Å². The zero-order chi connectivity index (χ0) is 20.3. The summed E-state index contributed by atoms with van der Waals surface area (Å²) in [4.78, 5) is 32.7. The summed E-state index contributed by atoms with van der Waals surface area (Å²) in [7, 11) is 0. The van der Waals surface area contributed by atoms with Crippen LogP contribution < -0.4 is 15.0 Å². The van der Waals surface area contributed by atoms with Gasteiger partial charge in [-0.2, -0.15) is 0 Å². The van der Waals surface area contributed by atoms with Gasteiger partial charge in [0.05, 0.1) is 23.8 Å². The van der Waals surface area contributed by atoms with E-state index in [-0.39, 0.29) is 17.8 Å². The highest BCUT2D eigenvalue weighted by molar-refractivity contribution is 5.81. The van der Waals surface area contributed by atoms with Crippen molar-refractivity contribution >= 4 is 17.0 Å². The topological polar surface area (TPSA) is 93.7 Å². The standard InChI is InChI=1S/C20H27N3O5/c1-5-26-16-11-15-14(18(24)22-12-21-15)10-17(16)27-13-6-8-23(9-7-13)19(25)28-20(2,3)4/h10-13H,5-9H2,1-4H3,(H,21,22,24). The number of H-pyrrole nitrogens is 1. The number of amides is 1. The quantitative estimate of drug-likeness (QED) is 0.864. The first-order valence-corrected chi connectivity index (χ1v) is 9.55. The van der Waals surface area contributed by atoms with Crippen LogP contribution in [-0.2, 0) is 4.74 Å². The molecule has 28 heavy (non-hydrogen) atoms. The lowest BCUT2D eigenvalue weighted by Gasteiger charge is -2.33. The van der Waals surface area contributed by atoms with Crippen LogP contribution in [0.5, 0.6) is 11.5 Å². The van der Waals surface area contributed by atoms with E-state index in [1.807, 2.05) is 27.7 Å². The van der Waals surface area contributed by atoms with Crippen LogP contribution in [0.25, 0.3) is 10.9 Å². The number of benzene rings is 1. The van der Waals surface area contributed by atoms with Crippen molar-refractivity contribution in [2.24, 2.45) is 0 Å². The molecule has 1 N–H and O–H groups in total. The SMILES string of the molecule is CCOc1cc2nc[nH]c(=O)c2cc1OC1CCN(C(=O)OC(C)(C)C)CC1. The highest BCUT2D eigenvalue weighted by Gasteiger charge is 2.28. The molecule has 0 saturated carbocycles. The molecule has 8 heteroatoms. The van der Waals surface area contributed by atoms with Crippen LogP contribution in [0.4, 0.5) is 4.79 Å². The summed E-state index contributed by atoms with van der Waals surface area (Å²) in [6, 6.07) is 3.39. The molecule has 1 amide bonds. The summed E-state index contributed by atoms with van der Waals surface area (Å²) in [6.07, 6.45) is 2.33. The summed E-state index contributed by atoms with van der Waals surface area (Å²) in [6.45, 7) is 9.03. The number of aromatic amines is 1. The van der Waals surface area contributed by atoms with Gasteiger partial charge in [-0.1, -0.05) is 0 Å². The van der Waals surface area contributed by atoms with Crippen LogP contribution in [0, 0.1) is 0 Å². The summed E-state index contributed by atoms with van der Waals surface area (Å²) in [5.41, 5.74) is -0.180. The second-order valence-electron chi connectivity index (χ2n) is 7.77. The predicted molar refractivity (Wildman–Crippen MR) is 105 cm³/mol. The van der Waals surface area contributed by atoms with E-state index >= 15 is 0 Å². The fourth-order valence-corrected chi connectivity index (χ4v) is 3.10. The minimum atomic E-state index is -0.511. The largest absolute Gasteiger partial charge is 0.490 e. The fourth-order valence-electron chi connectivity index (χ4n) is 3.10. The second kappa shape index (κ2) is 8.08. The molecule has 0 bridgehead atoms. The van der Waals surface area contributed by atoms with Gasteiger partial charge in [0.25, 0.3) is 5.56 Å². The van der Waals surface area contributed by atoms with E-state index in [0.29, 0.717) is 54.9 Å². The van der Waals surface area contributed by atoms with Gasteiger partial charge >= 0.3 is 6.09 Å². The second-order valence-corrected chi connectivity index (χ2v) is 7.77. The van der Waals surface area contributed by atoms with Crippen LogP contribution in [0.15, 0.2) is 23.3 Å². The summed E-state index contributed by atoms with van der Waals surface area (Å²) < 4.78 is 17.2. The molecule has 0 unspecified atom stereocenters. The van der Waals surface area contributed by atoms with Crippen LogP contribution in [0.3, 0.4) is 0 Å². The fraction of sp³-hybridized carbons (Fsp3) is 0.550. The normalized spacial score (nSPS) is 15.5. The van der Waals surface area contributed by atoms with Gasteiger partial charge in [-0.05, 0) is 33.8 Å². The molecule has 1 aliphatic heterocycles. The zero-order valence-corrected chi connectivity index (χ0v) is 16.8. The Kier molecular flexibility index (Phi) is 5.76. The van der Waals surface area contributed by atoms with Gasteiger partial charge in [0, 0.05) is 32.0 Å². The Morgan fingerprint density at radius 2 is 1.96 bits per heavy atom. The molecular formula is C20H27N3O5. The van der Waals surface area contributed by atoms with Crippen molar-refractivity contribution < 1.29 is 19.0 Å². The van der Waals surface area contributed by atoms with Gasteiger partial charge in [-0.15, -0.1) is 0 Å². The van der Waals surface area contributed by atoms with E-state index in [1.54, 1.807) is 17.0 Å². The minimum Gasteiger partial charge on any atom is -0.490 e. The molecule has 8 nitrogen and oxygen atoms in total. The number of carbonyl (C=O) groups is 1. The minimum absolute atomic E-state index is 0.0777. The Bertz CT molecular complexity index is 895. The van der Waals surface area contributed by atoms with Crippen molar-refractivity contribution in [1.29, 1.82) is 0 Å². The van der Waals surface area contributed by atoms with Gasteiger partial charge < -0.3 is 24.1 Å². The maximum absolute atomic E-state index is 12.2. The molecule has 152 valence electrons. The van der Waals surface area contributed by atoms with Crippen LogP contribution >= 0.6 is 0 Å². The predicted octanol–water partition coefficient (Wildman–Crippen LogP) is 3.10. The third kappa shape index (κ3) is 4.74. The molecule has 1 aromatic heterocycles. The number of likely N-dealkylation sites (tertiary alicyclic amines) is 1. The number of nitrogens with zero attached hydrogens (tertiary/aromatic N) is 2. The zero-order valence-electron chi connectivity index (χ0n) is 16.8. The molecule has 1 aliphatic rings. The van der Waals surface area contributed by atoms with Gasteiger partial charge in [-0.25, -0.2) is 9.78 Å². The highest BCUT2D eigenvalue weighted by atomic mass is 16.6. The van der Waals surface area contributed by atoms with Crippen molar-refractivity contribution in [2.75, 3.05) is 19.7 Å². The summed E-state index contributed by atoms with van der Waals surface area (Å²) in [5, 5.41) is 0.451. The van der Waals surface area contributed by atoms with E-state index in [2.05, 4.69) is 9.97 Å². The molecule has 2 aromatic rings. The van der Waals surface area contributed by atoms with Gasteiger partial charge in [0.2, 0.25) is 0 Å². The van der Waals surface area contributed by atoms with Crippen molar-refractivity contribution in [3.63, 3.8) is 0 Å². The molecule has 2 heterocycles. The molecule has 0 aliphatic carbocycles. The number of rotatable bonds is 4. The Balaban J connectivity index is 1.71. The lowest BCUT2D eigenvalue weighted by atomic mass is 10.1. The molecule has 1 aromatic carbocycles. The number of fused-ring (bicyclic) bond motifs is 1. The van der Waals surface area contributed by atoms with E-state index in [0.717, 1.165) is 0 Å². The number of ether oxygens (including phenoxy) is 3. The van der Waals surface area contributed by atoms with Gasteiger partial charge in [0.1, 0.15) is 11.7 Å². The average Bonchev–Trinajstić information content (AvgIpc) is 2.62. The first-order valence-electron chi connectivity index (χ1n) is 9.55. The Morgan fingerprint density at radius 1 is 1.25 bits per heavy atom. The number of hydrogen-bond acceptors (Lipinski definition) is 6. The Hall–Kier alpha value is -2.77. The maximum atomic E-state index is 12.2. The number of carbonyl (C=O) groups excluding carboxylic acids is 1. The van der Waals surface area contributed by atoms with E-state index in [9.17, 15) is 9.59 Å². The first kappa shape index (κ1) is 20.0. The Morgan fingerprint density at radius 3 is 2.61 bits per heavy atom. The molecule has 1 saturated heterocycles. The number of aromatic nitrogens is 2. The van der Waals surface area contributed by atoms with Crippen molar-refractivity contribution in [3.05, 3.63) is 28.8 Å². The van der Waals surface area contributed by atoms with Crippen LogP contribution in [-0.4, -0.2) is 52.4 Å². The van der Waals surface area contributed by atoms with E-state index in [4.69, 9.17) is 14.2 Å². The molecule has 3 rings (SSSR count). The Labute approximate surface area is 163 Å². The van der Waals surface area contributed by atoms with Crippen molar-refractivity contribution in [2.45, 2.75) is 52.2 Å². The van der Waals surface area contributed by atoms with E-state index in [1.165, 1.54) is 6.33 Å². The molecule has 0 atom stereocenters. The maximum Gasteiger partial charge on any atom is 0.410 e. The summed E-state index contributed by atoms with van der Waals surface area (Å²) >= 11 is 0. The molecule has 1 fully saturated rings. The van der Waals surface area contributed by atoms with Crippen molar-refractivity contribution in [3.8, 4) is 11.5 Å². The molecule has 0 radical (unpaired) electrons. The highest BCUT2D eigenvalue weighted by Crippen LogP contribution is 2.33. The monoisotopic (exact) mass is 389 g/mol. The van der Waals surface area contributed by atoms with Crippen LogP contribution in [0.1, 0.15) is 40.5 Å². The van der Waals surface area contributed by atoms with Gasteiger partial charge in [0.15, 0.2) is 11.5 Å². The van der Waals surface area contributed by atoms with E-state index < -0.39 is 5.60 Å². The number of piperidine rings is 1. The molecular weight excluding hydrogens is 362 g/mol. The van der Waals surface area contributed by atoms with Crippen molar-refractivity contribution in [1.82, 2.24) is 14.9 Å². The number of nitrogens with one attached hydrogen (secondary N) is 1. The third-order valence-corrected chi connectivity index (χ3v) is 4.39. The third-order valence-electron chi connectivity index (χ3n) is 4.39. The summed E-state index contributed by atoms with van der Waals surface area (Å²) in [5.74, 6) is 1.08. The first-order chi connectivity index (χ1) is 13.3. The van der Waals surface area contributed by atoms with Gasteiger partial charge in [-0.3, -0.25) is 4.79 Å². The number of hydrogen-bond donors (Lipinski definition) is 1. The lowest BCUT2D eigenvalue weighted by molar-refractivity contribution is 0.0124. The molecule has 0 spiro atoms. The smallest absolute Gasteiger partial charge is 0.410 e. The lowest BCUT2D eigenvalue weighted by Crippen LogP contribution is -2.44. The average molecular weight is 389 g/mol.